The summed E-state index contributed by atoms with van der Waals surface area (Å²) in [6.45, 7) is 5.22. The number of aromatic nitrogens is 2. The molecule has 1 N–H and O–H groups in total. The monoisotopic (exact) mass is 165 g/mol. The van der Waals surface area contributed by atoms with Crippen molar-refractivity contribution < 1.29 is 4.79 Å². The van der Waals surface area contributed by atoms with Crippen LogP contribution in [0.2, 0.25) is 0 Å². The molecule has 0 radical (unpaired) electrons. The molecule has 1 aromatic heterocycles. The maximum absolute atomic E-state index is 10.9. The lowest BCUT2D eigenvalue weighted by atomic mass is 10.4. The van der Waals surface area contributed by atoms with Gasteiger partial charge in [0.1, 0.15) is 5.82 Å². The molecule has 64 valence electrons. The molecule has 0 aliphatic heterocycles. The fourth-order valence-corrected chi connectivity index (χ4v) is 0.905. The predicted octanol–water partition coefficient (Wildman–Crippen LogP) is 0.853. The highest BCUT2D eigenvalue weighted by atomic mass is 16.1. The quantitative estimate of drug-likeness (QED) is 0.660. The highest BCUT2D eigenvalue weighted by molar-refractivity contribution is 5.98. The summed E-state index contributed by atoms with van der Waals surface area (Å²) in [5, 5.41) is 6.69. The summed E-state index contributed by atoms with van der Waals surface area (Å²) in [7, 11) is 1.77. The molecule has 1 aromatic rings. The molecule has 0 atom stereocenters. The number of amides is 1. The summed E-state index contributed by atoms with van der Waals surface area (Å²) < 4.78 is 1.61. The maximum atomic E-state index is 10.9. The van der Waals surface area contributed by atoms with Crippen LogP contribution in [0.3, 0.4) is 0 Å². The average Bonchev–Trinajstić information content (AvgIpc) is 2.30. The Labute approximate surface area is 70.9 Å². The van der Waals surface area contributed by atoms with E-state index in [1.165, 1.54) is 6.08 Å². The smallest absolute Gasteiger partial charge is 0.248 e. The second-order valence-corrected chi connectivity index (χ2v) is 2.49. The topological polar surface area (TPSA) is 46.9 Å². The molecule has 0 aliphatic rings. The molecule has 0 spiro atoms. The van der Waals surface area contributed by atoms with Gasteiger partial charge in [-0.3, -0.25) is 9.48 Å². The Morgan fingerprint density at radius 3 is 2.92 bits per heavy atom. The summed E-state index contributed by atoms with van der Waals surface area (Å²) in [6, 6.07) is 1.79. The lowest BCUT2D eigenvalue weighted by molar-refractivity contribution is -0.111. The van der Waals surface area contributed by atoms with Crippen LogP contribution in [-0.2, 0) is 11.8 Å². The molecule has 12 heavy (non-hydrogen) atoms. The largest absolute Gasteiger partial charge is 0.307 e. The number of nitrogens with zero attached hydrogens (tertiary/aromatic N) is 2. The number of anilines is 1. The second kappa shape index (κ2) is 3.21. The van der Waals surface area contributed by atoms with E-state index >= 15 is 0 Å². The average molecular weight is 165 g/mol. The molecule has 0 saturated carbocycles. The minimum atomic E-state index is -0.224. The first-order chi connectivity index (χ1) is 5.63. The summed E-state index contributed by atoms with van der Waals surface area (Å²) >= 11 is 0. The van der Waals surface area contributed by atoms with E-state index in [9.17, 15) is 4.79 Å². The molecule has 0 aliphatic carbocycles. The van der Waals surface area contributed by atoms with E-state index in [1.54, 1.807) is 17.8 Å². The number of aryl methyl sites for hydroxylation is 2. The number of carbonyl (C=O) groups excluding carboxylic acids is 1. The maximum Gasteiger partial charge on any atom is 0.248 e. The third kappa shape index (κ3) is 1.72. The summed E-state index contributed by atoms with van der Waals surface area (Å²) in [4.78, 5) is 10.9. The second-order valence-electron chi connectivity index (χ2n) is 2.49. The molecule has 1 rings (SSSR count). The Hall–Kier alpha value is -1.58. The Morgan fingerprint density at radius 2 is 2.50 bits per heavy atom. The van der Waals surface area contributed by atoms with Crippen molar-refractivity contribution >= 4 is 11.7 Å². The number of hydrogen-bond acceptors (Lipinski definition) is 2. The van der Waals surface area contributed by atoms with Gasteiger partial charge in [0.15, 0.2) is 0 Å². The van der Waals surface area contributed by atoms with E-state index < -0.39 is 0 Å². The molecule has 0 aromatic carbocycles. The Kier molecular flexibility index (Phi) is 2.28. The SMILES string of the molecule is C=CC(=O)Nc1cc(C)nn1C. The standard InChI is InChI=1S/C8H11N3O/c1-4-8(12)9-7-5-6(2)10-11(7)3/h4-5H,1H2,2-3H3,(H,9,12). The highest BCUT2D eigenvalue weighted by Crippen LogP contribution is 2.07. The third-order valence-electron chi connectivity index (χ3n) is 1.44. The Bertz CT molecular complexity index is 314. The predicted molar refractivity (Wildman–Crippen MR) is 46.8 cm³/mol. The highest BCUT2D eigenvalue weighted by Gasteiger charge is 2.02. The number of nitrogens with one attached hydrogen (secondary N) is 1. The number of carbonyl (C=O) groups is 1. The van der Waals surface area contributed by atoms with E-state index in [0.29, 0.717) is 5.82 Å². The van der Waals surface area contributed by atoms with Crippen LogP contribution in [0.25, 0.3) is 0 Å². The van der Waals surface area contributed by atoms with Crippen molar-refractivity contribution in [2.24, 2.45) is 7.05 Å². The Balaban J connectivity index is 2.81. The van der Waals surface area contributed by atoms with Gasteiger partial charge in [0.05, 0.1) is 5.69 Å². The van der Waals surface area contributed by atoms with Crippen molar-refractivity contribution in [2.45, 2.75) is 6.92 Å². The minimum Gasteiger partial charge on any atom is -0.307 e. The summed E-state index contributed by atoms with van der Waals surface area (Å²) in [5.41, 5.74) is 0.872. The molecule has 0 fully saturated rings. The van der Waals surface area contributed by atoms with E-state index in [-0.39, 0.29) is 5.91 Å². The van der Waals surface area contributed by atoms with Crippen LogP contribution < -0.4 is 5.32 Å². The van der Waals surface area contributed by atoms with Crippen molar-refractivity contribution in [3.8, 4) is 0 Å². The van der Waals surface area contributed by atoms with Gasteiger partial charge < -0.3 is 5.32 Å². The van der Waals surface area contributed by atoms with Crippen molar-refractivity contribution in [2.75, 3.05) is 5.32 Å². The molecule has 0 unspecified atom stereocenters. The fourth-order valence-electron chi connectivity index (χ4n) is 0.905. The normalized spacial score (nSPS) is 9.50. The van der Waals surface area contributed by atoms with Gasteiger partial charge in [0.25, 0.3) is 0 Å². The lowest BCUT2D eigenvalue weighted by Gasteiger charge is -1.99. The first kappa shape index (κ1) is 8.52. The van der Waals surface area contributed by atoms with Crippen molar-refractivity contribution in [3.05, 3.63) is 24.4 Å². The van der Waals surface area contributed by atoms with Gasteiger partial charge in [0, 0.05) is 13.1 Å². The lowest BCUT2D eigenvalue weighted by Crippen LogP contribution is -2.10. The van der Waals surface area contributed by atoms with Crippen LogP contribution in [0.15, 0.2) is 18.7 Å². The van der Waals surface area contributed by atoms with Crippen LogP contribution in [0.5, 0.6) is 0 Å². The summed E-state index contributed by atoms with van der Waals surface area (Å²) in [5.74, 6) is 0.454. The van der Waals surface area contributed by atoms with Gasteiger partial charge in [-0.25, -0.2) is 0 Å². The van der Waals surface area contributed by atoms with Gasteiger partial charge in [-0.15, -0.1) is 0 Å². The van der Waals surface area contributed by atoms with Crippen LogP contribution in [0.1, 0.15) is 5.69 Å². The van der Waals surface area contributed by atoms with E-state index in [2.05, 4.69) is 17.0 Å². The third-order valence-corrected chi connectivity index (χ3v) is 1.44. The molecule has 4 nitrogen and oxygen atoms in total. The van der Waals surface area contributed by atoms with Crippen molar-refractivity contribution in [1.82, 2.24) is 9.78 Å². The molecule has 1 amide bonds. The molecule has 1 heterocycles. The number of hydrogen-bond donors (Lipinski definition) is 1. The zero-order chi connectivity index (χ0) is 9.14. The fraction of sp³-hybridized carbons (Fsp3) is 0.250. The first-order valence-electron chi connectivity index (χ1n) is 3.57. The Morgan fingerprint density at radius 1 is 1.83 bits per heavy atom. The van der Waals surface area contributed by atoms with E-state index in [0.717, 1.165) is 5.69 Å². The van der Waals surface area contributed by atoms with Crippen LogP contribution in [0, 0.1) is 6.92 Å². The van der Waals surface area contributed by atoms with Crippen LogP contribution in [-0.4, -0.2) is 15.7 Å². The first-order valence-corrected chi connectivity index (χ1v) is 3.57. The molecule has 4 heteroatoms. The van der Waals surface area contributed by atoms with Gasteiger partial charge in [-0.1, -0.05) is 6.58 Å². The van der Waals surface area contributed by atoms with Crippen LogP contribution >= 0.6 is 0 Å². The van der Waals surface area contributed by atoms with Gasteiger partial charge in [-0.05, 0) is 13.0 Å². The molecule has 0 saturated heterocycles. The van der Waals surface area contributed by atoms with E-state index in [4.69, 9.17) is 0 Å². The van der Waals surface area contributed by atoms with Crippen molar-refractivity contribution in [3.63, 3.8) is 0 Å². The molecular formula is C8H11N3O. The zero-order valence-corrected chi connectivity index (χ0v) is 7.16. The minimum absolute atomic E-state index is 0.224. The summed E-state index contributed by atoms with van der Waals surface area (Å²) in [6.07, 6.45) is 1.22. The molecular weight excluding hydrogens is 154 g/mol. The zero-order valence-electron chi connectivity index (χ0n) is 7.16. The van der Waals surface area contributed by atoms with Gasteiger partial charge in [0.2, 0.25) is 5.91 Å². The van der Waals surface area contributed by atoms with Gasteiger partial charge in [-0.2, -0.15) is 5.10 Å². The molecule has 0 bridgehead atoms. The van der Waals surface area contributed by atoms with E-state index in [1.807, 2.05) is 6.92 Å². The van der Waals surface area contributed by atoms with Crippen molar-refractivity contribution in [1.29, 1.82) is 0 Å². The van der Waals surface area contributed by atoms with Gasteiger partial charge >= 0.3 is 0 Å². The van der Waals surface area contributed by atoms with Crippen LogP contribution in [0.4, 0.5) is 5.82 Å². The number of rotatable bonds is 2.